The maximum Gasteiger partial charge on any atom is 0.0700 e. The molecule has 1 fully saturated rings. The molecule has 1 aliphatic rings. The Balaban J connectivity index is 2.07. The number of hydrogen-bond acceptors (Lipinski definition) is 4. The maximum absolute atomic E-state index is 5.95. The van der Waals surface area contributed by atoms with Crippen molar-refractivity contribution in [2.24, 2.45) is 5.73 Å². The average molecular weight is 252 g/mol. The van der Waals surface area contributed by atoms with E-state index in [9.17, 15) is 0 Å². The van der Waals surface area contributed by atoms with Crippen molar-refractivity contribution in [2.45, 2.75) is 39.0 Å². The van der Waals surface area contributed by atoms with E-state index < -0.39 is 0 Å². The summed E-state index contributed by atoms with van der Waals surface area (Å²) in [4.78, 5) is 2.43. The van der Waals surface area contributed by atoms with Gasteiger partial charge in [0.25, 0.3) is 0 Å². The normalized spacial score (nSPS) is 23.2. The second kappa shape index (κ2) is 6.31. The molecule has 0 amide bonds. The van der Waals surface area contributed by atoms with Gasteiger partial charge in [-0.2, -0.15) is 5.10 Å². The predicted octanol–water partition coefficient (Wildman–Crippen LogP) is 1.01. The van der Waals surface area contributed by atoms with Crippen LogP contribution < -0.4 is 5.73 Å². The van der Waals surface area contributed by atoms with Crippen LogP contribution in [0.3, 0.4) is 0 Å². The highest BCUT2D eigenvalue weighted by molar-refractivity contribution is 5.11. The molecule has 1 aromatic rings. The molecule has 0 aromatic carbocycles. The van der Waals surface area contributed by atoms with Gasteiger partial charge in [0, 0.05) is 37.9 Å². The molecule has 102 valence electrons. The van der Waals surface area contributed by atoms with Crippen LogP contribution in [0, 0.1) is 0 Å². The Morgan fingerprint density at radius 3 is 3.00 bits per heavy atom. The Hall–Kier alpha value is -0.910. The number of aromatic nitrogens is 2. The quantitative estimate of drug-likeness (QED) is 0.850. The SMILES string of the molecule is CCC1CN(C(CN)c2cnn(CC)c2)CCO1. The highest BCUT2D eigenvalue weighted by Crippen LogP contribution is 2.22. The molecular weight excluding hydrogens is 228 g/mol. The highest BCUT2D eigenvalue weighted by atomic mass is 16.5. The molecule has 0 spiro atoms. The number of rotatable bonds is 5. The lowest BCUT2D eigenvalue weighted by atomic mass is 10.1. The van der Waals surface area contributed by atoms with Gasteiger partial charge in [-0.15, -0.1) is 0 Å². The first-order valence-corrected chi connectivity index (χ1v) is 6.86. The topological polar surface area (TPSA) is 56.3 Å². The Kier molecular flexibility index (Phi) is 4.74. The van der Waals surface area contributed by atoms with Gasteiger partial charge in [0.2, 0.25) is 0 Å². The molecule has 2 rings (SSSR count). The number of nitrogens with zero attached hydrogens (tertiary/aromatic N) is 3. The zero-order chi connectivity index (χ0) is 13.0. The van der Waals surface area contributed by atoms with E-state index in [4.69, 9.17) is 10.5 Å². The molecule has 0 bridgehead atoms. The van der Waals surface area contributed by atoms with Crippen LogP contribution in [0.1, 0.15) is 31.9 Å². The van der Waals surface area contributed by atoms with Crippen LogP contribution in [0.15, 0.2) is 12.4 Å². The summed E-state index contributed by atoms with van der Waals surface area (Å²) < 4.78 is 7.67. The van der Waals surface area contributed by atoms with Crippen molar-refractivity contribution >= 4 is 0 Å². The van der Waals surface area contributed by atoms with Gasteiger partial charge < -0.3 is 10.5 Å². The Morgan fingerprint density at radius 1 is 1.56 bits per heavy atom. The van der Waals surface area contributed by atoms with Crippen LogP contribution in [-0.4, -0.2) is 47.0 Å². The molecule has 1 aromatic heterocycles. The molecule has 0 saturated carbocycles. The minimum Gasteiger partial charge on any atom is -0.376 e. The summed E-state index contributed by atoms with van der Waals surface area (Å²) >= 11 is 0. The van der Waals surface area contributed by atoms with Crippen molar-refractivity contribution in [3.05, 3.63) is 18.0 Å². The standard InChI is InChI=1S/C13H24N4O/c1-3-12-10-16(5-6-18-12)13(7-14)11-8-15-17(4-2)9-11/h8-9,12-13H,3-7,10,14H2,1-2H3. The smallest absolute Gasteiger partial charge is 0.0700 e. The molecule has 2 heterocycles. The molecule has 0 radical (unpaired) electrons. The van der Waals surface area contributed by atoms with Gasteiger partial charge in [0.15, 0.2) is 0 Å². The van der Waals surface area contributed by atoms with Crippen molar-refractivity contribution in [1.82, 2.24) is 14.7 Å². The molecule has 5 nitrogen and oxygen atoms in total. The van der Waals surface area contributed by atoms with Crippen molar-refractivity contribution in [3.63, 3.8) is 0 Å². The van der Waals surface area contributed by atoms with Crippen LogP contribution in [0.4, 0.5) is 0 Å². The van der Waals surface area contributed by atoms with E-state index in [0.717, 1.165) is 32.7 Å². The van der Waals surface area contributed by atoms with E-state index in [0.29, 0.717) is 12.6 Å². The summed E-state index contributed by atoms with van der Waals surface area (Å²) in [5.41, 5.74) is 7.17. The monoisotopic (exact) mass is 252 g/mol. The van der Waals surface area contributed by atoms with E-state index in [2.05, 4.69) is 30.0 Å². The van der Waals surface area contributed by atoms with Crippen LogP contribution in [-0.2, 0) is 11.3 Å². The first-order chi connectivity index (χ1) is 8.78. The van der Waals surface area contributed by atoms with Crippen LogP contribution in [0.2, 0.25) is 0 Å². The summed E-state index contributed by atoms with van der Waals surface area (Å²) in [6.07, 6.45) is 5.45. The summed E-state index contributed by atoms with van der Waals surface area (Å²) in [5.74, 6) is 0. The molecule has 5 heteroatoms. The van der Waals surface area contributed by atoms with E-state index in [1.807, 2.05) is 10.9 Å². The summed E-state index contributed by atoms with van der Waals surface area (Å²) in [6.45, 7) is 8.52. The third-order valence-corrected chi connectivity index (χ3v) is 3.65. The minimum absolute atomic E-state index is 0.267. The molecule has 2 unspecified atom stereocenters. The fourth-order valence-electron chi connectivity index (χ4n) is 2.49. The second-order valence-corrected chi connectivity index (χ2v) is 4.78. The van der Waals surface area contributed by atoms with Crippen LogP contribution in [0.25, 0.3) is 0 Å². The van der Waals surface area contributed by atoms with E-state index in [-0.39, 0.29) is 6.04 Å². The van der Waals surface area contributed by atoms with Gasteiger partial charge in [-0.25, -0.2) is 0 Å². The lowest BCUT2D eigenvalue weighted by Crippen LogP contribution is -2.45. The van der Waals surface area contributed by atoms with Gasteiger partial charge in [-0.3, -0.25) is 9.58 Å². The zero-order valence-electron chi connectivity index (χ0n) is 11.4. The number of ether oxygens (including phenoxy) is 1. The third-order valence-electron chi connectivity index (χ3n) is 3.65. The Morgan fingerprint density at radius 2 is 2.39 bits per heavy atom. The zero-order valence-corrected chi connectivity index (χ0v) is 11.4. The number of hydrogen-bond donors (Lipinski definition) is 1. The van der Waals surface area contributed by atoms with E-state index in [1.165, 1.54) is 5.56 Å². The Labute approximate surface area is 109 Å². The van der Waals surface area contributed by atoms with Gasteiger partial charge in [0.1, 0.15) is 0 Å². The number of nitrogens with two attached hydrogens (primary N) is 1. The number of morpholine rings is 1. The lowest BCUT2D eigenvalue weighted by molar-refractivity contribution is -0.0437. The Bertz CT molecular complexity index is 366. The van der Waals surface area contributed by atoms with E-state index >= 15 is 0 Å². The summed E-state index contributed by atoms with van der Waals surface area (Å²) in [7, 11) is 0. The summed E-state index contributed by atoms with van der Waals surface area (Å²) in [6, 6.07) is 0.267. The molecule has 2 atom stereocenters. The first-order valence-electron chi connectivity index (χ1n) is 6.86. The predicted molar refractivity (Wildman–Crippen MR) is 71.3 cm³/mol. The van der Waals surface area contributed by atoms with Crippen molar-refractivity contribution < 1.29 is 4.74 Å². The molecule has 1 saturated heterocycles. The van der Waals surface area contributed by atoms with Crippen molar-refractivity contribution in [1.29, 1.82) is 0 Å². The molecule has 18 heavy (non-hydrogen) atoms. The van der Waals surface area contributed by atoms with Crippen molar-refractivity contribution in [2.75, 3.05) is 26.2 Å². The van der Waals surface area contributed by atoms with E-state index in [1.54, 1.807) is 0 Å². The van der Waals surface area contributed by atoms with Crippen LogP contribution in [0.5, 0.6) is 0 Å². The second-order valence-electron chi connectivity index (χ2n) is 4.78. The maximum atomic E-state index is 5.95. The highest BCUT2D eigenvalue weighted by Gasteiger charge is 2.26. The molecule has 2 N–H and O–H groups in total. The lowest BCUT2D eigenvalue weighted by Gasteiger charge is -2.37. The molecular formula is C13H24N4O. The van der Waals surface area contributed by atoms with Gasteiger partial charge >= 0.3 is 0 Å². The molecule has 1 aliphatic heterocycles. The fraction of sp³-hybridized carbons (Fsp3) is 0.769. The molecule has 0 aliphatic carbocycles. The van der Waals surface area contributed by atoms with Gasteiger partial charge in [-0.05, 0) is 13.3 Å². The van der Waals surface area contributed by atoms with Gasteiger partial charge in [-0.1, -0.05) is 6.92 Å². The van der Waals surface area contributed by atoms with Gasteiger partial charge in [0.05, 0.1) is 24.9 Å². The minimum atomic E-state index is 0.267. The average Bonchev–Trinajstić information content (AvgIpc) is 2.88. The summed E-state index contributed by atoms with van der Waals surface area (Å²) in [5, 5.41) is 4.34. The van der Waals surface area contributed by atoms with Crippen molar-refractivity contribution in [3.8, 4) is 0 Å². The fourth-order valence-corrected chi connectivity index (χ4v) is 2.49. The largest absolute Gasteiger partial charge is 0.376 e. The first kappa shape index (κ1) is 13.5. The third kappa shape index (κ3) is 2.91. The van der Waals surface area contributed by atoms with Crippen LogP contribution >= 0.6 is 0 Å². The number of aryl methyl sites for hydroxylation is 1.